The monoisotopic (exact) mass is 661 g/mol. The van der Waals surface area contributed by atoms with Gasteiger partial charge in [0.2, 0.25) is 0 Å². The average molecular weight is 661 g/mol. The largest absolute Gasteiger partial charge is 0.457 e. The highest BCUT2D eigenvalue weighted by atomic mass is 16.7. The Kier molecular flexibility index (Phi) is 28.4. The second kappa shape index (κ2) is 30.3. The van der Waals surface area contributed by atoms with Gasteiger partial charge in [0.1, 0.15) is 30.5 Å². The van der Waals surface area contributed by atoms with Gasteiger partial charge in [-0.3, -0.25) is 4.79 Å². The lowest BCUT2D eigenvalue weighted by atomic mass is 9.99. The van der Waals surface area contributed by atoms with Crippen molar-refractivity contribution in [3.63, 3.8) is 0 Å². The van der Waals surface area contributed by atoms with E-state index in [0.29, 0.717) is 13.0 Å². The molecule has 1 heterocycles. The number of unbranched alkanes of at least 4 members (excludes halogenated alkanes) is 21. The van der Waals surface area contributed by atoms with Gasteiger partial charge in [0.25, 0.3) is 0 Å². The summed E-state index contributed by atoms with van der Waals surface area (Å²) in [6, 6.07) is 0. The molecule has 274 valence electrons. The zero-order valence-corrected chi connectivity index (χ0v) is 29.6. The van der Waals surface area contributed by atoms with Crippen LogP contribution in [0.5, 0.6) is 0 Å². The first kappa shape index (κ1) is 43.2. The van der Waals surface area contributed by atoms with Gasteiger partial charge in [-0.15, -0.1) is 0 Å². The minimum absolute atomic E-state index is 0.114. The second-order valence-corrected chi connectivity index (χ2v) is 13.4. The number of hydrogen-bond acceptors (Lipinski definition) is 9. The highest BCUT2D eigenvalue weighted by Gasteiger charge is 2.44. The average Bonchev–Trinajstić information content (AvgIpc) is 3.05. The van der Waals surface area contributed by atoms with Crippen LogP contribution in [0.25, 0.3) is 0 Å². The fourth-order valence-corrected chi connectivity index (χ4v) is 6.00. The van der Waals surface area contributed by atoms with Crippen LogP contribution in [0.4, 0.5) is 0 Å². The van der Waals surface area contributed by atoms with E-state index in [2.05, 4.69) is 6.92 Å². The molecule has 0 aromatic heterocycles. The molecule has 0 aromatic rings. The van der Waals surface area contributed by atoms with Gasteiger partial charge in [0.05, 0.1) is 19.8 Å². The van der Waals surface area contributed by atoms with E-state index in [1.54, 1.807) is 0 Å². The number of carbonyl (C=O) groups is 1. The zero-order valence-electron chi connectivity index (χ0n) is 29.6. The standard InChI is InChI=1S/C37H72O9/c1-3-5-6-7-8-9-10-11-12-13-14-15-16-17-18-19-20-21-22-23-24-25-27-43-29-31(45-33(39)26-4-2)30-44-37-36(42)35(41)34(40)32(28-38)46-37/h31-32,34-38,40-42H,3-30H2,1-2H3. The molecule has 1 aliphatic rings. The maximum atomic E-state index is 12.1. The van der Waals surface area contributed by atoms with Crippen molar-refractivity contribution in [2.24, 2.45) is 0 Å². The lowest BCUT2D eigenvalue weighted by molar-refractivity contribution is -0.305. The maximum absolute atomic E-state index is 12.1. The first-order valence-electron chi connectivity index (χ1n) is 19.1. The van der Waals surface area contributed by atoms with Gasteiger partial charge in [0, 0.05) is 13.0 Å². The summed E-state index contributed by atoms with van der Waals surface area (Å²) < 4.78 is 22.2. The molecular formula is C37H72O9. The molecule has 1 rings (SSSR count). The van der Waals surface area contributed by atoms with Gasteiger partial charge in [-0.2, -0.15) is 0 Å². The van der Waals surface area contributed by atoms with Gasteiger partial charge < -0.3 is 39.4 Å². The summed E-state index contributed by atoms with van der Waals surface area (Å²) >= 11 is 0. The Morgan fingerprint density at radius 1 is 0.609 bits per heavy atom. The molecule has 1 aliphatic heterocycles. The molecule has 4 N–H and O–H groups in total. The molecule has 6 atom stereocenters. The third-order valence-electron chi connectivity index (χ3n) is 8.99. The minimum atomic E-state index is -1.53. The van der Waals surface area contributed by atoms with Crippen molar-refractivity contribution in [3.05, 3.63) is 0 Å². The van der Waals surface area contributed by atoms with Gasteiger partial charge in [-0.1, -0.05) is 149 Å². The van der Waals surface area contributed by atoms with E-state index in [1.165, 1.54) is 128 Å². The second-order valence-electron chi connectivity index (χ2n) is 13.4. The van der Waals surface area contributed by atoms with Crippen molar-refractivity contribution in [2.75, 3.05) is 26.4 Å². The van der Waals surface area contributed by atoms with Gasteiger partial charge >= 0.3 is 5.97 Å². The molecular weight excluding hydrogens is 588 g/mol. The highest BCUT2D eigenvalue weighted by molar-refractivity contribution is 5.69. The number of aliphatic hydroxyl groups is 4. The quantitative estimate of drug-likeness (QED) is 0.0439. The van der Waals surface area contributed by atoms with Crippen molar-refractivity contribution < 1.29 is 44.2 Å². The van der Waals surface area contributed by atoms with Gasteiger partial charge in [-0.25, -0.2) is 0 Å². The molecule has 46 heavy (non-hydrogen) atoms. The lowest BCUT2D eigenvalue weighted by Gasteiger charge is -2.39. The Labute approximate surface area is 281 Å². The Hall–Kier alpha value is -0.810. The van der Waals surface area contributed by atoms with Crippen molar-refractivity contribution in [1.29, 1.82) is 0 Å². The number of aliphatic hydroxyl groups excluding tert-OH is 4. The van der Waals surface area contributed by atoms with Crippen LogP contribution in [0.2, 0.25) is 0 Å². The molecule has 1 saturated heterocycles. The Balaban J connectivity index is 2.00. The van der Waals surface area contributed by atoms with E-state index in [0.717, 1.165) is 12.8 Å². The molecule has 0 amide bonds. The van der Waals surface area contributed by atoms with E-state index in [9.17, 15) is 25.2 Å². The molecule has 0 aromatic carbocycles. The number of rotatable bonds is 32. The number of esters is 1. The predicted molar refractivity (Wildman–Crippen MR) is 183 cm³/mol. The Morgan fingerprint density at radius 2 is 1.07 bits per heavy atom. The van der Waals surface area contributed by atoms with Crippen LogP contribution in [-0.2, 0) is 23.7 Å². The summed E-state index contributed by atoms with van der Waals surface area (Å²) in [5.41, 5.74) is 0. The first-order chi connectivity index (χ1) is 22.4. The third-order valence-corrected chi connectivity index (χ3v) is 8.99. The number of ether oxygens (including phenoxy) is 4. The number of carbonyl (C=O) groups excluding carboxylic acids is 1. The van der Waals surface area contributed by atoms with Gasteiger partial charge in [-0.05, 0) is 12.8 Å². The van der Waals surface area contributed by atoms with Crippen LogP contribution in [-0.4, -0.2) is 89.6 Å². The molecule has 0 aliphatic carbocycles. The van der Waals surface area contributed by atoms with Crippen LogP contribution >= 0.6 is 0 Å². The summed E-state index contributed by atoms with van der Waals surface area (Å²) in [6.07, 6.45) is 23.1. The summed E-state index contributed by atoms with van der Waals surface area (Å²) in [6.45, 7) is 4.22. The normalized spacial score (nSPS) is 22.3. The van der Waals surface area contributed by atoms with Crippen LogP contribution in [0.1, 0.15) is 168 Å². The molecule has 0 bridgehead atoms. The molecule has 0 spiro atoms. The molecule has 0 saturated carbocycles. The van der Waals surface area contributed by atoms with E-state index >= 15 is 0 Å². The SMILES string of the molecule is CCCCCCCCCCCCCCCCCCCCCCCCOCC(COC1OC(CO)C(O)C(O)C1O)OC(=O)CCC. The summed E-state index contributed by atoms with van der Waals surface area (Å²) in [5, 5.41) is 39.5. The fourth-order valence-electron chi connectivity index (χ4n) is 6.00. The van der Waals surface area contributed by atoms with Crippen LogP contribution < -0.4 is 0 Å². The zero-order chi connectivity index (χ0) is 33.7. The Bertz CT molecular complexity index is 677. The van der Waals surface area contributed by atoms with Crippen molar-refractivity contribution in [3.8, 4) is 0 Å². The summed E-state index contributed by atoms with van der Waals surface area (Å²) in [5.74, 6) is -0.363. The number of hydrogen-bond donors (Lipinski definition) is 4. The van der Waals surface area contributed by atoms with Crippen molar-refractivity contribution in [1.82, 2.24) is 0 Å². The molecule has 6 unspecified atom stereocenters. The smallest absolute Gasteiger partial charge is 0.306 e. The van der Waals surface area contributed by atoms with Crippen molar-refractivity contribution >= 4 is 5.97 Å². The predicted octanol–water partition coefficient (Wildman–Crippen LogP) is 7.13. The minimum Gasteiger partial charge on any atom is -0.457 e. The maximum Gasteiger partial charge on any atom is 0.306 e. The van der Waals surface area contributed by atoms with Gasteiger partial charge in [0.15, 0.2) is 6.29 Å². The molecule has 1 fully saturated rings. The summed E-state index contributed by atoms with van der Waals surface area (Å²) in [7, 11) is 0. The van der Waals surface area contributed by atoms with E-state index < -0.39 is 43.4 Å². The van der Waals surface area contributed by atoms with E-state index in [1.807, 2.05) is 6.92 Å². The van der Waals surface area contributed by atoms with E-state index in [4.69, 9.17) is 18.9 Å². The highest BCUT2D eigenvalue weighted by Crippen LogP contribution is 2.22. The van der Waals surface area contributed by atoms with Crippen LogP contribution in [0.3, 0.4) is 0 Å². The van der Waals surface area contributed by atoms with Crippen molar-refractivity contribution in [2.45, 2.75) is 205 Å². The first-order valence-corrected chi connectivity index (χ1v) is 19.1. The van der Waals surface area contributed by atoms with Crippen LogP contribution in [0, 0.1) is 0 Å². The topological polar surface area (TPSA) is 135 Å². The molecule has 0 radical (unpaired) electrons. The third kappa shape index (κ3) is 21.9. The van der Waals surface area contributed by atoms with Crippen LogP contribution in [0.15, 0.2) is 0 Å². The fraction of sp³-hybridized carbons (Fsp3) is 0.973. The molecule has 9 heteroatoms. The lowest BCUT2D eigenvalue weighted by Crippen LogP contribution is -2.59. The summed E-state index contributed by atoms with van der Waals surface area (Å²) in [4.78, 5) is 12.1. The van der Waals surface area contributed by atoms with E-state index in [-0.39, 0.29) is 25.6 Å². The Morgan fingerprint density at radius 3 is 1.50 bits per heavy atom. The molecule has 9 nitrogen and oxygen atoms in total.